The molecule has 0 radical (unpaired) electrons. The Bertz CT molecular complexity index is 270. The summed E-state index contributed by atoms with van der Waals surface area (Å²) in [6.07, 6.45) is -4.20. The number of carbonyl (C=O) groups is 1. The lowest BCUT2D eigenvalue weighted by Crippen LogP contribution is -2.47. The predicted octanol–water partition coefficient (Wildman–Crippen LogP) is -2.25. The van der Waals surface area contributed by atoms with Gasteiger partial charge in [0.25, 0.3) is 0 Å². The number of rotatable bonds is 6. The molecule has 7 heteroatoms. The largest absolute Gasteiger partial charge is 0.550 e. The van der Waals surface area contributed by atoms with Crippen LogP contribution in [-0.4, -0.2) is 58.6 Å². The lowest BCUT2D eigenvalue weighted by molar-refractivity contribution is -0.307. The van der Waals surface area contributed by atoms with E-state index in [4.69, 9.17) is 9.47 Å². The van der Waals surface area contributed by atoms with Gasteiger partial charge in [-0.25, -0.2) is 0 Å². The number of carbonyl (C=O) groups excluding carboxylic acids is 1. The van der Waals surface area contributed by atoms with E-state index >= 15 is 0 Å². The van der Waals surface area contributed by atoms with E-state index in [0.717, 1.165) is 0 Å². The van der Waals surface area contributed by atoms with Crippen molar-refractivity contribution in [1.29, 1.82) is 0 Å². The van der Waals surface area contributed by atoms with Crippen LogP contribution in [0.5, 0.6) is 0 Å². The Labute approximate surface area is 105 Å². The summed E-state index contributed by atoms with van der Waals surface area (Å²) in [6.45, 7) is 1.72. The zero-order valence-corrected chi connectivity index (χ0v) is 10.2. The normalized spacial score (nSPS) is 34.2. The molecule has 0 amide bonds. The number of ether oxygens (including phenoxy) is 2. The molecule has 0 spiro atoms. The number of aliphatic carboxylic acids is 1. The van der Waals surface area contributed by atoms with Crippen molar-refractivity contribution in [2.45, 2.75) is 56.9 Å². The van der Waals surface area contributed by atoms with Crippen LogP contribution in [0.2, 0.25) is 0 Å². The highest BCUT2D eigenvalue weighted by molar-refractivity contribution is 5.64. The monoisotopic (exact) mass is 263 g/mol. The Kier molecular flexibility index (Phi) is 5.97. The topological polar surface area (TPSA) is 119 Å². The smallest absolute Gasteiger partial charge is 0.183 e. The SMILES string of the molecule is C[C@@H]1O[C@@H](OCC[C@@H](O)CC(=O)[O-])[C@H](O)C[C@H]1O. The zero-order valence-electron chi connectivity index (χ0n) is 10.2. The molecule has 1 saturated heterocycles. The van der Waals surface area contributed by atoms with Crippen LogP contribution in [0.25, 0.3) is 0 Å². The summed E-state index contributed by atoms with van der Waals surface area (Å²) in [4.78, 5) is 10.2. The summed E-state index contributed by atoms with van der Waals surface area (Å²) < 4.78 is 10.5. The molecular formula is C11H19O7-. The number of hydrogen-bond donors (Lipinski definition) is 3. The molecule has 0 aromatic carbocycles. The molecule has 1 heterocycles. The Hall–Kier alpha value is -0.730. The predicted molar refractivity (Wildman–Crippen MR) is 57.2 cm³/mol. The second-order valence-electron chi connectivity index (χ2n) is 4.47. The van der Waals surface area contributed by atoms with Crippen LogP contribution in [-0.2, 0) is 14.3 Å². The van der Waals surface area contributed by atoms with E-state index in [9.17, 15) is 25.2 Å². The Morgan fingerprint density at radius 3 is 2.78 bits per heavy atom. The van der Waals surface area contributed by atoms with Gasteiger partial charge in [0.05, 0.1) is 24.9 Å². The molecule has 106 valence electrons. The molecule has 7 nitrogen and oxygen atoms in total. The average molecular weight is 263 g/mol. The molecule has 0 unspecified atom stereocenters. The lowest BCUT2D eigenvalue weighted by atomic mass is 10.0. The molecule has 1 fully saturated rings. The summed E-state index contributed by atoms with van der Waals surface area (Å²) in [6, 6.07) is 0. The molecule has 5 atom stereocenters. The van der Waals surface area contributed by atoms with Crippen LogP contribution in [0.15, 0.2) is 0 Å². The van der Waals surface area contributed by atoms with E-state index in [-0.39, 0.29) is 19.4 Å². The van der Waals surface area contributed by atoms with Gasteiger partial charge < -0.3 is 34.7 Å². The highest BCUT2D eigenvalue weighted by Crippen LogP contribution is 2.21. The van der Waals surface area contributed by atoms with Gasteiger partial charge in [0, 0.05) is 18.8 Å². The van der Waals surface area contributed by atoms with Crippen LogP contribution in [0.3, 0.4) is 0 Å². The second-order valence-corrected chi connectivity index (χ2v) is 4.47. The Morgan fingerprint density at radius 2 is 2.17 bits per heavy atom. The van der Waals surface area contributed by atoms with Crippen molar-refractivity contribution in [3.05, 3.63) is 0 Å². The van der Waals surface area contributed by atoms with E-state index in [1.165, 1.54) is 0 Å². The highest BCUT2D eigenvalue weighted by atomic mass is 16.7. The van der Waals surface area contributed by atoms with E-state index in [1.807, 2.05) is 0 Å². The van der Waals surface area contributed by atoms with E-state index in [0.29, 0.717) is 0 Å². The highest BCUT2D eigenvalue weighted by Gasteiger charge is 2.34. The first-order valence-electron chi connectivity index (χ1n) is 5.91. The third-order valence-electron chi connectivity index (χ3n) is 2.82. The molecular weight excluding hydrogens is 244 g/mol. The zero-order chi connectivity index (χ0) is 13.7. The summed E-state index contributed by atoms with van der Waals surface area (Å²) >= 11 is 0. The molecule has 1 aliphatic rings. The second kappa shape index (κ2) is 7.01. The van der Waals surface area contributed by atoms with Gasteiger partial charge in [-0.05, 0) is 13.3 Å². The van der Waals surface area contributed by atoms with Crippen LogP contribution >= 0.6 is 0 Å². The van der Waals surface area contributed by atoms with E-state index in [1.54, 1.807) is 6.92 Å². The minimum Gasteiger partial charge on any atom is -0.550 e. The number of aliphatic hydroxyl groups is 3. The molecule has 0 saturated carbocycles. The van der Waals surface area contributed by atoms with Crippen molar-refractivity contribution in [1.82, 2.24) is 0 Å². The van der Waals surface area contributed by atoms with Crippen molar-refractivity contribution < 1.29 is 34.7 Å². The fourth-order valence-electron chi connectivity index (χ4n) is 1.71. The maximum atomic E-state index is 10.2. The molecule has 0 bridgehead atoms. The van der Waals surface area contributed by atoms with Crippen molar-refractivity contribution in [3.8, 4) is 0 Å². The van der Waals surface area contributed by atoms with Gasteiger partial charge in [-0.1, -0.05) is 0 Å². The third kappa shape index (κ3) is 4.87. The van der Waals surface area contributed by atoms with Crippen LogP contribution in [0.4, 0.5) is 0 Å². The van der Waals surface area contributed by atoms with Crippen LogP contribution < -0.4 is 5.11 Å². The van der Waals surface area contributed by atoms with Gasteiger partial charge in [-0.2, -0.15) is 0 Å². The first-order valence-corrected chi connectivity index (χ1v) is 5.91. The molecule has 3 N–H and O–H groups in total. The lowest BCUT2D eigenvalue weighted by Gasteiger charge is -2.35. The summed E-state index contributed by atoms with van der Waals surface area (Å²) in [5.74, 6) is -1.33. The molecule has 0 aromatic heterocycles. The van der Waals surface area contributed by atoms with Gasteiger partial charge in [0.1, 0.15) is 6.10 Å². The number of hydrogen-bond acceptors (Lipinski definition) is 7. The Morgan fingerprint density at radius 1 is 1.50 bits per heavy atom. The van der Waals surface area contributed by atoms with Crippen molar-refractivity contribution in [2.24, 2.45) is 0 Å². The average Bonchev–Trinajstić information content (AvgIpc) is 2.24. The minimum absolute atomic E-state index is 0.0546. The third-order valence-corrected chi connectivity index (χ3v) is 2.82. The van der Waals surface area contributed by atoms with Gasteiger partial charge in [-0.15, -0.1) is 0 Å². The molecule has 0 aromatic rings. The van der Waals surface area contributed by atoms with Gasteiger partial charge in [0.2, 0.25) is 0 Å². The number of aliphatic hydroxyl groups excluding tert-OH is 3. The molecule has 0 aliphatic carbocycles. The van der Waals surface area contributed by atoms with Gasteiger partial charge in [-0.3, -0.25) is 0 Å². The fraction of sp³-hybridized carbons (Fsp3) is 0.909. The maximum absolute atomic E-state index is 10.2. The van der Waals surface area contributed by atoms with Gasteiger partial charge in [0.15, 0.2) is 6.29 Å². The molecule has 1 rings (SSSR count). The summed E-state index contributed by atoms with van der Waals surface area (Å²) in [7, 11) is 0. The van der Waals surface area contributed by atoms with Crippen molar-refractivity contribution in [2.75, 3.05) is 6.61 Å². The first kappa shape index (κ1) is 15.3. The number of carboxylic acid groups (broad SMARTS) is 1. The van der Waals surface area contributed by atoms with Crippen LogP contribution in [0, 0.1) is 0 Å². The first-order chi connectivity index (χ1) is 8.40. The fourth-order valence-corrected chi connectivity index (χ4v) is 1.71. The Balaban J connectivity index is 2.24. The summed E-state index contributed by atoms with van der Waals surface area (Å²) in [5, 5.41) is 38.5. The van der Waals surface area contributed by atoms with Gasteiger partial charge >= 0.3 is 0 Å². The van der Waals surface area contributed by atoms with E-state index in [2.05, 4.69) is 0 Å². The van der Waals surface area contributed by atoms with Crippen molar-refractivity contribution in [3.63, 3.8) is 0 Å². The quantitative estimate of drug-likeness (QED) is 0.495. The van der Waals surface area contributed by atoms with Crippen molar-refractivity contribution >= 4 is 5.97 Å². The summed E-state index contributed by atoms with van der Waals surface area (Å²) in [5.41, 5.74) is 0. The number of carboxylic acids is 1. The molecule has 1 aliphatic heterocycles. The maximum Gasteiger partial charge on any atom is 0.183 e. The minimum atomic E-state index is -1.33. The molecule has 18 heavy (non-hydrogen) atoms. The van der Waals surface area contributed by atoms with Crippen LogP contribution in [0.1, 0.15) is 26.2 Å². The van der Waals surface area contributed by atoms with E-state index < -0.39 is 43.1 Å². The standard InChI is InChI=1S/C11H20O7/c1-6-8(13)5-9(14)11(18-6)17-3-2-7(12)4-10(15)16/h6-9,11-14H,2-5H2,1H3,(H,15,16)/p-1/t6-,7+,8+,9+,11+/m0/s1.